The van der Waals surface area contributed by atoms with Gasteiger partial charge in [0.25, 0.3) is 0 Å². The number of aromatic nitrogens is 3. The lowest BCUT2D eigenvalue weighted by molar-refractivity contribution is -0.107. The number of pyridine rings is 1. The molecule has 0 N–H and O–H groups in total. The molecule has 2 heterocycles. The number of hydrogen-bond donors (Lipinski definition) is 0. The molecule has 4 heteroatoms. The summed E-state index contributed by atoms with van der Waals surface area (Å²) in [5.74, 6) is 0.806. The van der Waals surface area contributed by atoms with Gasteiger partial charge in [0, 0.05) is 18.3 Å². The fraction of sp³-hybridized carbons (Fsp3) is 0.357. The zero-order valence-corrected chi connectivity index (χ0v) is 10.5. The van der Waals surface area contributed by atoms with Gasteiger partial charge in [0.2, 0.25) is 0 Å². The van der Waals surface area contributed by atoms with Crippen molar-refractivity contribution in [3.8, 4) is 5.82 Å². The topological polar surface area (TPSA) is 47.8 Å². The van der Waals surface area contributed by atoms with Gasteiger partial charge < -0.3 is 4.79 Å². The lowest BCUT2D eigenvalue weighted by Crippen LogP contribution is -2.04. The molecule has 0 amide bonds. The predicted molar refractivity (Wildman–Crippen MR) is 69.7 cm³/mol. The van der Waals surface area contributed by atoms with Gasteiger partial charge in [0.15, 0.2) is 5.82 Å². The summed E-state index contributed by atoms with van der Waals surface area (Å²) >= 11 is 0. The third kappa shape index (κ3) is 2.83. The minimum atomic E-state index is 0.518. The summed E-state index contributed by atoms with van der Waals surface area (Å²) in [7, 11) is 0. The van der Waals surface area contributed by atoms with Gasteiger partial charge in [0.1, 0.15) is 6.29 Å². The summed E-state index contributed by atoms with van der Waals surface area (Å²) in [5.41, 5.74) is 2.10. The zero-order valence-electron chi connectivity index (χ0n) is 10.5. The Morgan fingerprint density at radius 3 is 2.89 bits per heavy atom. The second-order valence-electron chi connectivity index (χ2n) is 4.18. The number of aryl methyl sites for hydroxylation is 2. The summed E-state index contributed by atoms with van der Waals surface area (Å²) in [4.78, 5) is 14.8. The van der Waals surface area contributed by atoms with Crippen LogP contribution in [0.15, 0.2) is 30.5 Å². The van der Waals surface area contributed by atoms with E-state index in [-0.39, 0.29) is 0 Å². The second kappa shape index (κ2) is 6.10. The molecule has 0 aliphatic rings. The predicted octanol–water partition coefficient (Wildman–Crippen LogP) is 2.35. The van der Waals surface area contributed by atoms with Gasteiger partial charge in [-0.25, -0.2) is 9.67 Å². The number of carbonyl (C=O) groups excluding carboxylic acids is 1. The summed E-state index contributed by atoms with van der Waals surface area (Å²) in [5, 5.41) is 4.56. The molecule has 0 unspecified atom stereocenters. The maximum atomic E-state index is 10.5. The van der Waals surface area contributed by atoms with Crippen LogP contribution in [0.1, 0.15) is 31.2 Å². The first-order valence-corrected chi connectivity index (χ1v) is 6.28. The van der Waals surface area contributed by atoms with Crippen molar-refractivity contribution in [1.29, 1.82) is 0 Å². The molecular formula is C14H17N3O. The lowest BCUT2D eigenvalue weighted by atomic mass is 10.2. The highest BCUT2D eigenvalue weighted by Crippen LogP contribution is 2.13. The van der Waals surface area contributed by atoms with E-state index in [1.165, 1.54) is 0 Å². The molecular weight excluding hydrogens is 226 g/mol. The van der Waals surface area contributed by atoms with E-state index < -0.39 is 0 Å². The van der Waals surface area contributed by atoms with Crippen LogP contribution in [0.3, 0.4) is 0 Å². The van der Waals surface area contributed by atoms with Crippen molar-refractivity contribution in [1.82, 2.24) is 14.8 Å². The molecule has 2 aromatic heterocycles. The van der Waals surface area contributed by atoms with E-state index in [4.69, 9.17) is 0 Å². The van der Waals surface area contributed by atoms with Gasteiger partial charge in [-0.05, 0) is 31.0 Å². The zero-order chi connectivity index (χ0) is 12.8. The first kappa shape index (κ1) is 12.5. The molecule has 94 valence electrons. The molecule has 4 nitrogen and oxygen atoms in total. The highest BCUT2D eigenvalue weighted by Gasteiger charge is 2.09. The standard InChI is InChI=1S/C14H17N3O/c1-2-6-12-11-13(7-5-10-18)17(16-12)14-8-3-4-9-15-14/h3-4,8-11H,2,5-7H2,1H3. The Hall–Kier alpha value is -1.97. The number of nitrogens with zero attached hydrogens (tertiary/aromatic N) is 3. The van der Waals surface area contributed by atoms with E-state index in [1.807, 2.05) is 22.9 Å². The van der Waals surface area contributed by atoms with Crippen LogP contribution < -0.4 is 0 Å². The summed E-state index contributed by atoms with van der Waals surface area (Å²) in [6.07, 6.45) is 5.93. The van der Waals surface area contributed by atoms with E-state index in [0.29, 0.717) is 12.8 Å². The molecule has 0 atom stereocenters. The molecule has 0 saturated carbocycles. The highest BCUT2D eigenvalue weighted by atomic mass is 16.1. The molecule has 0 fully saturated rings. The summed E-state index contributed by atoms with van der Waals surface area (Å²) < 4.78 is 1.84. The van der Waals surface area contributed by atoms with Gasteiger partial charge in [-0.2, -0.15) is 5.10 Å². The van der Waals surface area contributed by atoms with Crippen LogP contribution in [0, 0.1) is 0 Å². The molecule has 0 aliphatic carbocycles. The average molecular weight is 243 g/mol. The molecule has 2 rings (SSSR count). The third-order valence-electron chi connectivity index (χ3n) is 2.72. The normalized spacial score (nSPS) is 10.5. The first-order valence-electron chi connectivity index (χ1n) is 6.28. The quantitative estimate of drug-likeness (QED) is 0.732. The van der Waals surface area contributed by atoms with Crippen LogP contribution in [0.5, 0.6) is 0 Å². The maximum absolute atomic E-state index is 10.5. The van der Waals surface area contributed by atoms with Crippen LogP contribution in [0.25, 0.3) is 5.82 Å². The Balaban J connectivity index is 2.34. The SMILES string of the molecule is CCCc1cc(CCC=O)n(-c2ccccn2)n1. The van der Waals surface area contributed by atoms with Crippen LogP contribution in [0.4, 0.5) is 0 Å². The molecule has 0 bridgehead atoms. The van der Waals surface area contributed by atoms with Crippen molar-refractivity contribution in [2.75, 3.05) is 0 Å². The average Bonchev–Trinajstić information content (AvgIpc) is 2.81. The monoisotopic (exact) mass is 243 g/mol. The van der Waals surface area contributed by atoms with Gasteiger partial charge >= 0.3 is 0 Å². The van der Waals surface area contributed by atoms with Crippen molar-refractivity contribution in [2.45, 2.75) is 32.6 Å². The van der Waals surface area contributed by atoms with Gasteiger partial charge in [0.05, 0.1) is 5.69 Å². The largest absolute Gasteiger partial charge is 0.303 e. The first-order chi connectivity index (χ1) is 8.85. The van der Waals surface area contributed by atoms with E-state index >= 15 is 0 Å². The Morgan fingerprint density at radius 2 is 2.22 bits per heavy atom. The Bertz CT molecular complexity index is 505. The van der Waals surface area contributed by atoms with Gasteiger partial charge in [-0.1, -0.05) is 19.4 Å². The van der Waals surface area contributed by atoms with Crippen molar-refractivity contribution in [3.63, 3.8) is 0 Å². The minimum Gasteiger partial charge on any atom is -0.303 e. The van der Waals surface area contributed by atoms with Crippen LogP contribution >= 0.6 is 0 Å². The highest BCUT2D eigenvalue weighted by molar-refractivity contribution is 5.50. The van der Waals surface area contributed by atoms with E-state index in [1.54, 1.807) is 6.20 Å². The van der Waals surface area contributed by atoms with E-state index in [9.17, 15) is 4.79 Å². The van der Waals surface area contributed by atoms with Crippen molar-refractivity contribution in [2.24, 2.45) is 0 Å². The fourth-order valence-corrected chi connectivity index (χ4v) is 1.92. The minimum absolute atomic E-state index is 0.518. The summed E-state index contributed by atoms with van der Waals surface area (Å²) in [6.45, 7) is 2.13. The Kier molecular flexibility index (Phi) is 4.23. The number of hydrogen-bond acceptors (Lipinski definition) is 3. The molecule has 0 spiro atoms. The third-order valence-corrected chi connectivity index (χ3v) is 2.72. The molecule has 0 saturated heterocycles. The molecule has 0 aromatic carbocycles. The molecule has 18 heavy (non-hydrogen) atoms. The fourth-order valence-electron chi connectivity index (χ4n) is 1.92. The molecule has 0 aliphatic heterocycles. The molecule has 2 aromatic rings. The maximum Gasteiger partial charge on any atom is 0.153 e. The van der Waals surface area contributed by atoms with Crippen LogP contribution in [0.2, 0.25) is 0 Å². The van der Waals surface area contributed by atoms with Crippen molar-refractivity contribution in [3.05, 3.63) is 41.9 Å². The van der Waals surface area contributed by atoms with Crippen LogP contribution in [-0.4, -0.2) is 21.1 Å². The van der Waals surface area contributed by atoms with E-state index in [2.05, 4.69) is 23.1 Å². The number of rotatable bonds is 6. The summed E-state index contributed by atoms with van der Waals surface area (Å²) in [6, 6.07) is 7.81. The van der Waals surface area contributed by atoms with Crippen molar-refractivity contribution < 1.29 is 4.79 Å². The van der Waals surface area contributed by atoms with E-state index in [0.717, 1.165) is 36.3 Å². The van der Waals surface area contributed by atoms with Gasteiger partial charge in [-0.15, -0.1) is 0 Å². The Labute approximate surface area is 107 Å². The lowest BCUT2D eigenvalue weighted by Gasteiger charge is -2.04. The second-order valence-corrected chi connectivity index (χ2v) is 4.18. The number of aldehydes is 1. The Morgan fingerprint density at radius 1 is 1.33 bits per heavy atom. The smallest absolute Gasteiger partial charge is 0.153 e. The number of carbonyl (C=O) groups is 1. The van der Waals surface area contributed by atoms with Crippen LogP contribution in [-0.2, 0) is 17.6 Å². The van der Waals surface area contributed by atoms with Crippen molar-refractivity contribution >= 4 is 6.29 Å². The van der Waals surface area contributed by atoms with Gasteiger partial charge in [-0.3, -0.25) is 0 Å². The molecule has 0 radical (unpaired) electrons.